The Kier molecular flexibility index (Phi) is 2.87. The second kappa shape index (κ2) is 4.45. The number of fused-ring (bicyclic) bond motifs is 1. The van der Waals surface area contributed by atoms with Crippen molar-refractivity contribution in [3.8, 4) is 0 Å². The lowest BCUT2D eigenvalue weighted by molar-refractivity contribution is 0.0926. The Morgan fingerprint density at radius 2 is 1.70 bits per heavy atom. The van der Waals surface area contributed by atoms with Crippen LogP contribution in [0.2, 0.25) is 0 Å². The van der Waals surface area contributed by atoms with E-state index in [2.05, 4.69) is 15.9 Å². The fourth-order valence-electron chi connectivity index (χ4n) is 2.25. The molecule has 0 aromatic heterocycles. The van der Waals surface area contributed by atoms with Gasteiger partial charge in [0.25, 0.3) is 11.8 Å². The lowest BCUT2D eigenvalue weighted by Gasteiger charge is -2.15. The van der Waals surface area contributed by atoms with Gasteiger partial charge in [-0.1, -0.05) is 15.9 Å². The summed E-state index contributed by atoms with van der Waals surface area (Å²) in [4.78, 5) is 26.0. The second-order valence-electron chi connectivity index (χ2n) is 4.68. The first-order chi connectivity index (χ1) is 9.49. The monoisotopic (exact) mass is 330 g/mol. The minimum Gasteiger partial charge on any atom is -0.399 e. The number of nitrogens with two attached hydrogens (primary N) is 1. The first kappa shape index (κ1) is 12.9. The highest BCUT2D eigenvalue weighted by Crippen LogP contribution is 2.31. The van der Waals surface area contributed by atoms with Crippen LogP contribution >= 0.6 is 15.9 Å². The molecule has 2 N–H and O–H groups in total. The molecule has 100 valence electrons. The van der Waals surface area contributed by atoms with Crippen molar-refractivity contribution in [2.45, 2.75) is 6.92 Å². The normalized spacial score (nSPS) is 13.8. The van der Waals surface area contributed by atoms with Crippen LogP contribution < -0.4 is 10.6 Å². The number of nitrogens with zero attached hydrogens (tertiary/aromatic N) is 1. The molecule has 0 radical (unpaired) electrons. The number of hydrogen-bond donors (Lipinski definition) is 1. The molecule has 0 atom stereocenters. The Hall–Kier alpha value is -2.14. The van der Waals surface area contributed by atoms with Gasteiger partial charge in [-0.15, -0.1) is 0 Å². The van der Waals surface area contributed by atoms with E-state index in [0.29, 0.717) is 22.5 Å². The van der Waals surface area contributed by atoms with Gasteiger partial charge in [0.1, 0.15) is 0 Å². The van der Waals surface area contributed by atoms with Crippen molar-refractivity contribution in [2.75, 3.05) is 10.6 Å². The van der Waals surface area contributed by atoms with Crippen molar-refractivity contribution >= 4 is 39.1 Å². The summed E-state index contributed by atoms with van der Waals surface area (Å²) in [7, 11) is 0. The molecule has 2 aromatic rings. The van der Waals surface area contributed by atoms with E-state index in [1.165, 1.54) is 4.90 Å². The van der Waals surface area contributed by atoms with Crippen LogP contribution in [0.1, 0.15) is 26.3 Å². The zero-order valence-corrected chi connectivity index (χ0v) is 12.3. The lowest BCUT2D eigenvalue weighted by atomic mass is 10.1. The molecule has 0 bridgehead atoms. The molecule has 1 aliphatic rings. The van der Waals surface area contributed by atoms with E-state index >= 15 is 0 Å². The molecule has 2 amide bonds. The summed E-state index contributed by atoms with van der Waals surface area (Å²) in [5.41, 5.74) is 8.61. The standard InChI is InChI=1S/C15H11BrN2O2/c1-8-6-10(3-5-13(8)17)18-14(19)11-4-2-9(16)7-12(11)15(18)20/h2-7H,17H2,1H3. The second-order valence-corrected chi connectivity index (χ2v) is 5.59. The summed E-state index contributed by atoms with van der Waals surface area (Å²) in [6.07, 6.45) is 0. The number of imide groups is 1. The van der Waals surface area contributed by atoms with Crippen molar-refractivity contribution in [1.29, 1.82) is 0 Å². The molecule has 0 spiro atoms. The molecule has 3 rings (SSSR count). The lowest BCUT2D eigenvalue weighted by Crippen LogP contribution is -2.29. The molecule has 4 nitrogen and oxygen atoms in total. The molecule has 20 heavy (non-hydrogen) atoms. The number of carbonyl (C=O) groups is 2. The summed E-state index contributed by atoms with van der Waals surface area (Å²) < 4.78 is 0.771. The van der Waals surface area contributed by atoms with E-state index in [4.69, 9.17) is 5.73 Å². The van der Waals surface area contributed by atoms with E-state index in [1.807, 2.05) is 6.92 Å². The van der Waals surface area contributed by atoms with Crippen molar-refractivity contribution < 1.29 is 9.59 Å². The largest absolute Gasteiger partial charge is 0.399 e. The van der Waals surface area contributed by atoms with E-state index < -0.39 is 0 Å². The highest BCUT2D eigenvalue weighted by molar-refractivity contribution is 9.10. The van der Waals surface area contributed by atoms with Gasteiger partial charge in [0.05, 0.1) is 16.8 Å². The molecule has 1 heterocycles. The number of rotatable bonds is 1. The van der Waals surface area contributed by atoms with Gasteiger partial charge in [0.15, 0.2) is 0 Å². The zero-order chi connectivity index (χ0) is 14.4. The fourth-order valence-corrected chi connectivity index (χ4v) is 2.61. The number of aryl methyl sites for hydroxylation is 1. The molecule has 0 saturated heterocycles. The molecule has 5 heteroatoms. The molecule has 1 aliphatic heterocycles. The van der Waals surface area contributed by atoms with Crippen LogP contribution in [-0.2, 0) is 0 Å². The number of amides is 2. The van der Waals surface area contributed by atoms with Crippen molar-refractivity contribution in [2.24, 2.45) is 0 Å². The predicted molar refractivity (Wildman–Crippen MR) is 80.9 cm³/mol. The van der Waals surface area contributed by atoms with E-state index in [9.17, 15) is 9.59 Å². The summed E-state index contributed by atoms with van der Waals surface area (Å²) >= 11 is 3.31. The maximum absolute atomic E-state index is 12.4. The summed E-state index contributed by atoms with van der Waals surface area (Å²) in [6, 6.07) is 10.2. The predicted octanol–water partition coefficient (Wildman–Crippen LogP) is 3.14. The molecule has 0 aliphatic carbocycles. The van der Waals surface area contributed by atoms with Crippen LogP contribution in [0.3, 0.4) is 0 Å². The number of anilines is 2. The Balaban J connectivity index is 2.11. The molecule has 0 fully saturated rings. The molecular weight excluding hydrogens is 320 g/mol. The summed E-state index contributed by atoms with van der Waals surface area (Å²) in [5, 5.41) is 0. The number of halogens is 1. The first-order valence-electron chi connectivity index (χ1n) is 6.03. The van der Waals surface area contributed by atoms with Crippen LogP contribution in [0.25, 0.3) is 0 Å². The quantitative estimate of drug-likeness (QED) is 0.645. The highest BCUT2D eigenvalue weighted by atomic mass is 79.9. The van der Waals surface area contributed by atoms with Gasteiger partial charge < -0.3 is 5.73 Å². The Labute approximate surface area is 124 Å². The van der Waals surface area contributed by atoms with Gasteiger partial charge in [-0.05, 0) is 48.9 Å². The number of carbonyl (C=O) groups excluding carboxylic acids is 2. The van der Waals surface area contributed by atoms with Crippen molar-refractivity contribution in [1.82, 2.24) is 0 Å². The maximum Gasteiger partial charge on any atom is 0.266 e. The van der Waals surface area contributed by atoms with Gasteiger partial charge in [-0.2, -0.15) is 0 Å². The third-order valence-electron chi connectivity index (χ3n) is 3.36. The van der Waals surface area contributed by atoms with Gasteiger partial charge in [0, 0.05) is 10.2 Å². The average molecular weight is 331 g/mol. The minimum absolute atomic E-state index is 0.304. The van der Waals surface area contributed by atoms with Crippen LogP contribution in [0.4, 0.5) is 11.4 Å². The average Bonchev–Trinajstić information content (AvgIpc) is 2.65. The van der Waals surface area contributed by atoms with E-state index in [1.54, 1.807) is 36.4 Å². The number of benzene rings is 2. The number of hydrogen-bond acceptors (Lipinski definition) is 3. The molecular formula is C15H11BrN2O2. The highest BCUT2D eigenvalue weighted by Gasteiger charge is 2.36. The van der Waals surface area contributed by atoms with E-state index in [-0.39, 0.29) is 11.8 Å². The Morgan fingerprint density at radius 1 is 1.00 bits per heavy atom. The maximum atomic E-state index is 12.4. The van der Waals surface area contributed by atoms with Gasteiger partial charge in [-0.25, -0.2) is 4.90 Å². The Bertz CT molecular complexity index is 756. The zero-order valence-electron chi connectivity index (χ0n) is 10.7. The summed E-state index contributed by atoms with van der Waals surface area (Å²) in [5.74, 6) is -0.614. The van der Waals surface area contributed by atoms with Crippen molar-refractivity contribution in [3.63, 3.8) is 0 Å². The van der Waals surface area contributed by atoms with Crippen molar-refractivity contribution in [3.05, 3.63) is 57.6 Å². The smallest absolute Gasteiger partial charge is 0.266 e. The number of nitrogen functional groups attached to an aromatic ring is 1. The molecule has 0 unspecified atom stereocenters. The van der Waals surface area contributed by atoms with Gasteiger partial charge in [0.2, 0.25) is 0 Å². The SMILES string of the molecule is Cc1cc(N2C(=O)c3ccc(Br)cc3C2=O)ccc1N. The van der Waals surface area contributed by atoms with E-state index in [0.717, 1.165) is 10.0 Å². The Morgan fingerprint density at radius 3 is 2.40 bits per heavy atom. The van der Waals surface area contributed by atoms with Crippen LogP contribution in [0.15, 0.2) is 40.9 Å². The third kappa shape index (κ3) is 1.82. The minimum atomic E-state index is -0.310. The fraction of sp³-hybridized carbons (Fsp3) is 0.0667. The molecule has 0 saturated carbocycles. The van der Waals surface area contributed by atoms with Crippen LogP contribution in [-0.4, -0.2) is 11.8 Å². The van der Waals surface area contributed by atoms with Crippen LogP contribution in [0, 0.1) is 6.92 Å². The van der Waals surface area contributed by atoms with Gasteiger partial charge in [-0.3, -0.25) is 9.59 Å². The topological polar surface area (TPSA) is 63.4 Å². The first-order valence-corrected chi connectivity index (χ1v) is 6.83. The third-order valence-corrected chi connectivity index (χ3v) is 3.85. The van der Waals surface area contributed by atoms with Gasteiger partial charge >= 0.3 is 0 Å². The summed E-state index contributed by atoms with van der Waals surface area (Å²) in [6.45, 7) is 1.84. The molecule has 2 aromatic carbocycles. The van der Waals surface area contributed by atoms with Crippen LogP contribution in [0.5, 0.6) is 0 Å².